The van der Waals surface area contributed by atoms with E-state index in [-0.39, 0.29) is 32.4 Å². The Bertz CT molecular complexity index is 2050. The van der Waals surface area contributed by atoms with E-state index < -0.39 is 81.4 Å². The summed E-state index contributed by atoms with van der Waals surface area (Å²) < 4.78 is 50.5. The molecule has 2 bridgehead atoms. The molecule has 3 aromatic heterocycles. The van der Waals surface area contributed by atoms with E-state index in [0.717, 1.165) is 0 Å². The van der Waals surface area contributed by atoms with Crippen LogP contribution in [0, 0.1) is 0 Å². The van der Waals surface area contributed by atoms with Gasteiger partial charge in [-0.25, -0.2) is 14.5 Å². The molecule has 3 aliphatic heterocycles. The molecule has 0 aliphatic carbocycles. The quantitative estimate of drug-likeness (QED) is 0.126. The number of ether oxygens (including phenoxy) is 2. The first kappa shape index (κ1) is 34.0. The van der Waals surface area contributed by atoms with Crippen LogP contribution < -0.4 is 11.3 Å². The van der Waals surface area contributed by atoms with Crippen LogP contribution in [0.1, 0.15) is 12.5 Å². The first-order valence-corrected chi connectivity index (χ1v) is 19.8. The Morgan fingerprint density at radius 1 is 1.02 bits per heavy atom. The van der Waals surface area contributed by atoms with Crippen molar-refractivity contribution < 1.29 is 47.2 Å². The normalized spacial score (nSPS) is 36.7. The maximum absolute atomic E-state index is 13.5. The number of aromatic nitrogens is 6. The zero-order chi connectivity index (χ0) is 33.6. The van der Waals surface area contributed by atoms with Crippen molar-refractivity contribution in [1.29, 1.82) is 0 Å². The number of hydrogen-bond acceptors (Lipinski definition) is 15. The lowest BCUT2D eigenvalue weighted by Gasteiger charge is -2.28. The summed E-state index contributed by atoms with van der Waals surface area (Å²) >= 11 is 28.2. The van der Waals surface area contributed by atoms with Gasteiger partial charge < -0.3 is 34.8 Å². The third-order valence-corrected chi connectivity index (χ3v) is 11.8. The molecule has 4 aromatic rings. The number of nitrogens with two attached hydrogens (primary N) is 1. The number of fused-ring (bicyclic) bond motifs is 5. The van der Waals surface area contributed by atoms with Crippen molar-refractivity contribution in [3.05, 3.63) is 44.1 Å². The third-order valence-electron chi connectivity index (χ3n) is 7.60. The molecule has 10 atom stereocenters. The van der Waals surface area contributed by atoms with E-state index in [2.05, 4.69) is 32.2 Å². The van der Waals surface area contributed by atoms with Crippen LogP contribution in [0.2, 0.25) is 15.3 Å². The van der Waals surface area contributed by atoms with Crippen LogP contribution in [-0.4, -0.2) is 94.0 Å². The molecule has 18 nitrogen and oxygen atoms in total. The van der Waals surface area contributed by atoms with Crippen molar-refractivity contribution in [2.45, 2.75) is 49.1 Å². The molecule has 0 amide bonds. The molecule has 3 saturated heterocycles. The van der Waals surface area contributed by atoms with Crippen molar-refractivity contribution in [3.63, 3.8) is 0 Å². The average Bonchev–Trinajstić information content (AvgIpc) is 3.70. The summed E-state index contributed by atoms with van der Waals surface area (Å²) in [6.07, 6.45) is -10.1. The largest absolute Gasteiger partial charge is 0.387 e. The fourth-order valence-corrected chi connectivity index (χ4v) is 9.03. The van der Waals surface area contributed by atoms with Crippen LogP contribution in [0.3, 0.4) is 0 Å². The van der Waals surface area contributed by atoms with Gasteiger partial charge in [-0.2, -0.15) is 4.98 Å². The lowest BCUT2D eigenvalue weighted by Crippen LogP contribution is -2.36. The summed E-state index contributed by atoms with van der Waals surface area (Å²) in [5.41, 5.74) is 5.58. The number of aliphatic hydroxyl groups is 2. The van der Waals surface area contributed by atoms with E-state index in [9.17, 15) is 24.5 Å². The number of nitrogens with one attached hydrogen (secondary N) is 1. The number of anilines is 1. The minimum absolute atomic E-state index is 0.0334. The van der Waals surface area contributed by atoms with Crippen LogP contribution >= 0.6 is 60.6 Å². The predicted molar refractivity (Wildman–Crippen MR) is 172 cm³/mol. The second kappa shape index (κ2) is 12.4. The van der Waals surface area contributed by atoms with Crippen molar-refractivity contribution in [1.82, 2.24) is 29.1 Å². The Morgan fingerprint density at radius 2 is 1.72 bits per heavy atom. The molecule has 254 valence electrons. The number of H-pyrrole nitrogens is 1. The van der Waals surface area contributed by atoms with Crippen molar-refractivity contribution in [2.75, 3.05) is 18.9 Å². The molecular weight excluding hydrogens is 771 g/mol. The number of aromatic amines is 1. The predicted octanol–water partition coefficient (Wildman–Crippen LogP) is 2.30. The number of thiol groups is 1. The highest BCUT2D eigenvalue weighted by Gasteiger charge is 2.53. The summed E-state index contributed by atoms with van der Waals surface area (Å²) in [5.74, 6) is -0.223. The van der Waals surface area contributed by atoms with Crippen LogP contribution in [0.25, 0.3) is 22.2 Å². The second-order valence-corrected chi connectivity index (χ2v) is 17.4. The van der Waals surface area contributed by atoms with Crippen LogP contribution in [0.15, 0.2) is 23.3 Å². The zero-order valence-electron chi connectivity index (χ0n) is 23.1. The van der Waals surface area contributed by atoms with Gasteiger partial charge in [-0.3, -0.25) is 32.5 Å². The highest BCUT2D eigenvalue weighted by molar-refractivity contribution is 8.44. The van der Waals surface area contributed by atoms with E-state index in [0.29, 0.717) is 11.0 Å². The van der Waals surface area contributed by atoms with Gasteiger partial charge in [-0.05, 0) is 35.5 Å². The summed E-state index contributed by atoms with van der Waals surface area (Å²) in [6, 6.07) is 2.94. The first-order chi connectivity index (χ1) is 22.1. The number of nitrogen functional groups attached to an aromatic ring is 1. The topological polar surface area (TPSA) is 241 Å². The standard InChI is InChI=1S/C22H22Cl3N7O11P2S2/c23-6-1-8-9(2-7(6)24)32(21(25)28-8)20-16-13(33)10(40-20)3-38-44(36,46)42-15-11(4-39-45(37,47)43-16)41-19(14(15)34)31-5-27-12-17(31)29-22(26)30-18(12)35/h1-2,5,10-11,13-16,19-20,33-34H,3-4H2,(H,36,46)(H,37,47)(H3,26,29,30,35). The fraction of sp³-hybridized carbons (Fsp3) is 0.455. The van der Waals surface area contributed by atoms with E-state index in [1.165, 1.54) is 27.6 Å². The Labute approximate surface area is 287 Å². The summed E-state index contributed by atoms with van der Waals surface area (Å²) in [6.45, 7) is -9.81. The average molecular weight is 793 g/mol. The summed E-state index contributed by atoms with van der Waals surface area (Å²) in [7, 11) is 0. The molecule has 0 radical (unpaired) electrons. The Balaban J connectivity index is 1.22. The van der Waals surface area contributed by atoms with Crippen LogP contribution in [0.5, 0.6) is 0 Å². The molecule has 47 heavy (non-hydrogen) atoms. The molecule has 6 heterocycles. The number of benzene rings is 1. The maximum atomic E-state index is 13.5. The highest BCUT2D eigenvalue weighted by atomic mass is 35.5. The van der Waals surface area contributed by atoms with E-state index in [1.54, 1.807) is 0 Å². The van der Waals surface area contributed by atoms with Gasteiger partial charge in [0.15, 0.2) is 23.6 Å². The third kappa shape index (κ3) is 6.27. The van der Waals surface area contributed by atoms with Gasteiger partial charge in [0.2, 0.25) is 11.2 Å². The van der Waals surface area contributed by atoms with Crippen molar-refractivity contribution in [3.8, 4) is 0 Å². The molecular formula is C22H22Cl3N7O11P2S2. The zero-order valence-corrected chi connectivity index (χ0v) is 28.8. The van der Waals surface area contributed by atoms with Gasteiger partial charge in [0.1, 0.15) is 36.6 Å². The maximum Gasteiger partial charge on any atom is 0.386 e. The van der Waals surface area contributed by atoms with Gasteiger partial charge in [0.05, 0.1) is 40.6 Å². The molecule has 3 fully saturated rings. The second-order valence-electron chi connectivity index (χ2n) is 10.6. The van der Waals surface area contributed by atoms with E-state index >= 15 is 0 Å². The van der Waals surface area contributed by atoms with Gasteiger partial charge in [0, 0.05) is 0 Å². The molecule has 0 spiro atoms. The molecule has 7 rings (SSSR count). The molecule has 1 aromatic carbocycles. The number of hydrogen-bond donors (Lipinski definition) is 6. The SMILES string of the molecule is Nc1nc2c(ncn2C2OC3COP(O)(=S)OC4C(O)C(COP(=O)(S)OC3C2O)OC4n2c(Cl)nc3cc(Cl)c(Cl)cc32)c(=O)[nH]1. The van der Waals surface area contributed by atoms with E-state index in [4.69, 9.17) is 79.9 Å². The Kier molecular flexibility index (Phi) is 8.99. The Morgan fingerprint density at radius 3 is 2.49 bits per heavy atom. The Hall–Kier alpha value is -1.42. The molecule has 10 unspecified atom stereocenters. The number of rotatable bonds is 2. The number of imidazole rings is 2. The number of halogens is 3. The molecule has 3 aliphatic rings. The monoisotopic (exact) mass is 791 g/mol. The fourth-order valence-electron chi connectivity index (χ4n) is 5.53. The lowest BCUT2D eigenvalue weighted by molar-refractivity contribution is -0.0592. The molecule has 6 N–H and O–H groups in total. The van der Waals surface area contributed by atoms with Gasteiger partial charge in [-0.1, -0.05) is 35.5 Å². The smallest absolute Gasteiger partial charge is 0.386 e. The lowest BCUT2D eigenvalue weighted by atomic mass is 10.1. The minimum atomic E-state index is -4.36. The summed E-state index contributed by atoms with van der Waals surface area (Å²) in [5, 5.41) is 22.8. The van der Waals surface area contributed by atoms with Crippen molar-refractivity contribution >= 4 is 101 Å². The van der Waals surface area contributed by atoms with E-state index in [1.807, 2.05) is 0 Å². The van der Waals surface area contributed by atoms with Crippen LogP contribution in [0.4, 0.5) is 5.95 Å². The van der Waals surface area contributed by atoms with Crippen LogP contribution in [-0.2, 0) is 43.9 Å². The number of nitrogens with zero attached hydrogens (tertiary/aromatic N) is 5. The first-order valence-electron chi connectivity index (χ1n) is 13.4. The number of aliphatic hydroxyl groups excluding tert-OH is 2. The van der Waals surface area contributed by atoms with Gasteiger partial charge in [0.25, 0.3) is 5.56 Å². The summed E-state index contributed by atoms with van der Waals surface area (Å²) in [4.78, 5) is 38.1. The molecule has 0 saturated carbocycles. The van der Waals surface area contributed by atoms with Gasteiger partial charge in [-0.15, -0.1) is 0 Å². The highest BCUT2D eigenvalue weighted by Crippen LogP contribution is 2.58. The minimum Gasteiger partial charge on any atom is -0.387 e. The van der Waals surface area contributed by atoms with Gasteiger partial charge >= 0.3 is 13.5 Å². The van der Waals surface area contributed by atoms with Crippen molar-refractivity contribution in [2.24, 2.45) is 0 Å². The molecule has 25 heteroatoms.